The van der Waals surface area contributed by atoms with Crippen LogP contribution < -0.4 is 0 Å². The van der Waals surface area contributed by atoms with Gasteiger partial charge in [-0.3, -0.25) is 0 Å². The molecule has 0 aromatic heterocycles. The number of hydrogen-bond donors (Lipinski definition) is 0. The molecule has 2 aliphatic rings. The fourth-order valence-electron chi connectivity index (χ4n) is 2.24. The Hall–Kier alpha value is -0.0800. The van der Waals surface area contributed by atoms with Crippen LogP contribution in [0.3, 0.4) is 0 Å². The Morgan fingerprint density at radius 2 is 2.00 bits per heavy atom. The predicted octanol–water partition coefficient (Wildman–Crippen LogP) is 2.33. The third-order valence-corrected chi connectivity index (χ3v) is 2.95. The minimum absolute atomic E-state index is 0.171. The summed E-state index contributed by atoms with van der Waals surface area (Å²) in [5.41, 5.74) is 0. The summed E-state index contributed by atoms with van der Waals surface area (Å²) in [7, 11) is 0. The van der Waals surface area contributed by atoms with E-state index in [4.69, 9.17) is 9.47 Å². The van der Waals surface area contributed by atoms with Crippen LogP contribution in [-0.2, 0) is 9.47 Å². The maximum Gasteiger partial charge on any atom is 0.168 e. The third-order valence-electron chi connectivity index (χ3n) is 2.95. The smallest absolute Gasteiger partial charge is 0.168 e. The summed E-state index contributed by atoms with van der Waals surface area (Å²) in [6.07, 6.45) is 5.89. The van der Waals surface area contributed by atoms with Crippen molar-refractivity contribution in [1.82, 2.24) is 0 Å². The molecule has 0 amide bonds. The molecule has 2 fully saturated rings. The van der Waals surface area contributed by atoms with E-state index >= 15 is 0 Å². The lowest BCUT2D eigenvalue weighted by molar-refractivity contribution is -0.280. The van der Waals surface area contributed by atoms with Gasteiger partial charge in [-0.1, -0.05) is 6.92 Å². The fourth-order valence-corrected chi connectivity index (χ4v) is 2.24. The van der Waals surface area contributed by atoms with Crippen molar-refractivity contribution < 1.29 is 9.47 Å². The quantitative estimate of drug-likeness (QED) is 0.555. The van der Waals surface area contributed by atoms with Crippen LogP contribution in [0.5, 0.6) is 0 Å². The molecule has 70 valence electrons. The lowest BCUT2D eigenvalue weighted by atomic mass is 9.90. The highest BCUT2D eigenvalue weighted by atomic mass is 16.7. The van der Waals surface area contributed by atoms with Gasteiger partial charge in [0.05, 0.1) is 13.2 Å². The minimum Gasteiger partial charge on any atom is -0.350 e. The SMILES string of the molecule is CC1CCOC2(CCCCO2)C1. The number of hydrogen-bond acceptors (Lipinski definition) is 2. The molecule has 0 radical (unpaired) electrons. The zero-order valence-corrected chi connectivity index (χ0v) is 7.84. The zero-order valence-electron chi connectivity index (χ0n) is 7.84. The van der Waals surface area contributed by atoms with Crippen LogP contribution in [-0.4, -0.2) is 19.0 Å². The maximum atomic E-state index is 5.75. The highest BCUT2D eigenvalue weighted by Gasteiger charge is 2.38. The van der Waals surface area contributed by atoms with Gasteiger partial charge in [0.15, 0.2) is 5.79 Å². The van der Waals surface area contributed by atoms with Gasteiger partial charge in [-0.2, -0.15) is 0 Å². The van der Waals surface area contributed by atoms with Crippen molar-refractivity contribution in [3.63, 3.8) is 0 Å². The van der Waals surface area contributed by atoms with Crippen molar-refractivity contribution in [2.45, 2.75) is 44.8 Å². The molecule has 0 saturated carbocycles. The van der Waals surface area contributed by atoms with Crippen LogP contribution in [0.2, 0.25) is 0 Å². The molecular formula is C10H18O2. The molecule has 12 heavy (non-hydrogen) atoms. The van der Waals surface area contributed by atoms with Gasteiger partial charge >= 0.3 is 0 Å². The molecule has 2 nitrogen and oxygen atoms in total. The van der Waals surface area contributed by atoms with Crippen LogP contribution in [0.25, 0.3) is 0 Å². The number of rotatable bonds is 0. The molecule has 2 heterocycles. The van der Waals surface area contributed by atoms with Crippen LogP contribution in [0.4, 0.5) is 0 Å². The molecule has 0 aromatic carbocycles. The summed E-state index contributed by atoms with van der Waals surface area (Å²) >= 11 is 0. The Bertz CT molecular complexity index is 144. The first-order chi connectivity index (χ1) is 5.81. The van der Waals surface area contributed by atoms with Crippen molar-refractivity contribution in [3.8, 4) is 0 Å². The first-order valence-electron chi connectivity index (χ1n) is 5.09. The van der Waals surface area contributed by atoms with Crippen molar-refractivity contribution in [3.05, 3.63) is 0 Å². The number of ether oxygens (including phenoxy) is 2. The van der Waals surface area contributed by atoms with E-state index in [-0.39, 0.29) is 5.79 Å². The van der Waals surface area contributed by atoms with Crippen molar-refractivity contribution in [2.24, 2.45) is 5.92 Å². The molecule has 0 bridgehead atoms. The van der Waals surface area contributed by atoms with Gasteiger partial charge in [-0.25, -0.2) is 0 Å². The molecular weight excluding hydrogens is 152 g/mol. The molecule has 0 aliphatic carbocycles. The van der Waals surface area contributed by atoms with E-state index in [9.17, 15) is 0 Å². The van der Waals surface area contributed by atoms with Gasteiger partial charge in [-0.15, -0.1) is 0 Å². The van der Waals surface area contributed by atoms with Crippen molar-refractivity contribution in [1.29, 1.82) is 0 Å². The average Bonchev–Trinajstić information content (AvgIpc) is 2.05. The monoisotopic (exact) mass is 170 g/mol. The van der Waals surface area contributed by atoms with Gasteiger partial charge in [0.1, 0.15) is 0 Å². The van der Waals surface area contributed by atoms with Crippen LogP contribution >= 0.6 is 0 Å². The molecule has 0 aromatic rings. The Balaban J connectivity index is 1.97. The molecule has 1 spiro atoms. The Morgan fingerprint density at radius 3 is 2.67 bits per heavy atom. The van der Waals surface area contributed by atoms with Crippen molar-refractivity contribution >= 4 is 0 Å². The summed E-state index contributed by atoms with van der Waals surface area (Å²) in [6.45, 7) is 4.08. The normalized spacial score (nSPS) is 43.2. The minimum atomic E-state index is -0.171. The van der Waals surface area contributed by atoms with E-state index in [0.717, 1.165) is 32.0 Å². The summed E-state index contributed by atoms with van der Waals surface area (Å²) in [5, 5.41) is 0. The zero-order chi connectivity index (χ0) is 8.44. The summed E-state index contributed by atoms with van der Waals surface area (Å²) in [4.78, 5) is 0. The highest BCUT2D eigenvalue weighted by molar-refractivity contribution is 4.79. The van der Waals surface area contributed by atoms with E-state index in [1.54, 1.807) is 0 Å². The van der Waals surface area contributed by atoms with Crippen LogP contribution in [0, 0.1) is 5.92 Å². The molecule has 2 rings (SSSR count). The lowest BCUT2D eigenvalue weighted by Crippen LogP contribution is -2.44. The molecule has 2 heteroatoms. The van der Waals surface area contributed by atoms with Gasteiger partial charge in [0.25, 0.3) is 0 Å². The highest BCUT2D eigenvalue weighted by Crippen LogP contribution is 2.36. The van der Waals surface area contributed by atoms with E-state index < -0.39 is 0 Å². The largest absolute Gasteiger partial charge is 0.350 e. The predicted molar refractivity (Wildman–Crippen MR) is 46.9 cm³/mol. The topological polar surface area (TPSA) is 18.5 Å². The second kappa shape index (κ2) is 3.35. The molecule has 2 saturated heterocycles. The Morgan fingerprint density at radius 1 is 1.17 bits per heavy atom. The standard InChI is InChI=1S/C10H18O2/c1-9-4-7-12-10(8-9)5-2-3-6-11-10/h9H,2-8H2,1H3. The summed E-state index contributed by atoms with van der Waals surface area (Å²) in [6, 6.07) is 0. The molecule has 0 N–H and O–H groups in total. The Labute approximate surface area is 74.2 Å². The van der Waals surface area contributed by atoms with E-state index in [0.29, 0.717) is 0 Å². The van der Waals surface area contributed by atoms with E-state index in [1.807, 2.05) is 0 Å². The Kier molecular flexibility index (Phi) is 2.37. The van der Waals surface area contributed by atoms with Crippen LogP contribution in [0.15, 0.2) is 0 Å². The van der Waals surface area contributed by atoms with Crippen LogP contribution in [0.1, 0.15) is 39.0 Å². The third kappa shape index (κ3) is 1.64. The van der Waals surface area contributed by atoms with Gasteiger partial charge < -0.3 is 9.47 Å². The first-order valence-corrected chi connectivity index (χ1v) is 5.09. The van der Waals surface area contributed by atoms with Crippen molar-refractivity contribution in [2.75, 3.05) is 13.2 Å². The summed E-state index contributed by atoms with van der Waals surface area (Å²) in [5.74, 6) is 0.604. The average molecular weight is 170 g/mol. The van der Waals surface area contributed by atoms with E-state index in [2.05, 4.69) is 6.92 Å². The molecule has 2 aliphatic heterocycles. The molecule has 2 atom stereocenters. The lowest BCUT2D eigenvalue weighted by Gasteiger charge is -2.42. The first kappa shape index (κ1) is 8.52. The molecule has 2 unspecified atom stereocenters. The maximum absolute atomic E-state index is 5.75. The van der Waals surface area contributed by atoms with E-state index in [1.165, 1.54) is 19.3 Å². The second-order valence-electron chi connectivity index (χ2n) is 4.16. The summed E-state index contributed by atoms with van der Waals surface area (Å²) < 4.78 is 11.5. The second-order valence-corrected chi connectivity index (χ2v) is 4.16. The van der Waals surface area contributed by atoms with Gasteiger partial charge in [0.2, 0.25) is 0 Å². The van der Waals surface area contributed by atoms with Gasteiger partial charge in [-0.05, 0) is 25.2 Å². The fraction of sp³-hybridized carbons (Fsp3) is 1.00. The van der Waals surface area contributed by atoms with Gasteiger partial charge in [0, 0.05) is 12.8 Å².